The fourth-order valence-electron chi connectivity index (χ4n) is 3.02. The topological polar surface area (TPSA) is 82.4 Å². The molecule has 7 nitrogen and oxygen atoms in total. The van der Waals surface area contributed by atoms with Gasteiger partial charge >= 0.3 is 0 Å². The lowest BCUT2D eigenvalue weighted by Gasteiger charge is -2.15. The number of benzene rings is 1. The third-order valence-corrected chi connectivity index (χ3v) is 4.37. The maximum atomic E-state index is 12.5. The van der Waals surface area contributed by atoms with Crippen LogP contribution < -0.4 is 20.3 Å². The molecule has 24 heavy (non-hydrogen) atoms. The number of aromatic nitrogens is 2. The van der Waals surface area contributed by atoms with Crippen LogP contribution in [0.15, 0.2) is 29.1 Å². The van der Waals surface area contributed by atoms with Crippen molar-refractivity contribution < 1.29 is 14.3 Å². The number of ether oxygens (including phenoxy) is 2. The fraction of sp³-hybridized carbons (Fsp3) is 0.353. The molecule has 1 unspecified atom stereocenters. The maximum absolute atomic E-state index is 12.5. The van der Waals surface area contributed by atoms with Crippen molar-refractivity contribution in [3.05, 3.63) is 45.9 Å². The second kappa shape index (κ2) is 5.67. The highest BCUT2D eigenvalue weighted by Gasteiger charge is 2.22. The lowest BCUT2D eigenvalue weighted by atomic mass is 10.2. The molecule has 1 aromatic heterocycles. The van der Waals surface area contributed by atoms with Gasteiger partial charge in [0.1, 0.15) is 6.04 Å². The van der Waals surface area contributed by atoms with E-state index in [1.807, 2.05) is 0 Å². The highest BCUT2D eigenvalue weighted by Crippen LogP contribution is 2.34. The van der Waals surface area contributed by atoms with Crippen molar-refractivity contribution in [3.63, 3.8) is 0 Å². The fourth-order valence-corrected chi connectivity index (χ4v) is 3.02. The van der Waals surface area contributed by atoms with Crippen molar-refractivity contribution in [2.24, 2.45) is 0 Å². The first-order valence-electron chi connectivity index (χ1n) is 7.94. The van der Waals surface area contributed by atoms with Gasteiger partial charge in [-0.05, 0) is 43.9 Å². The number of hydrogen-bond donors (Lipinski definition) is 1. The van der Waals surface area contributed by atoms with Gasteiger partial charge in [-0.3, -0.25) is 9.59 Å². The first-order valence-corrected chi connectivity index (χ1v) is 7.94. The minimum absolute atomic E-state index is 0.178. The highest BCUT2D eigenvalue weighted by molar-refractivity contribution is 5.93. The smallest absolute Gasteiger partial charge is 0.267 e. The number of fused-ring (bicyclic) bond motifs is 2. The number of amides is 1. The average Bonchev–Trinajstić information content (AvgIpc) is 3.21. The van der Waals surface area contributed by atoms with Gasteiger partial charge in [0.25, 0.3) is 5.56 Å². The third kappa shape index (κ3) is 2.51. The van der Waals surface area contributed by atoms with Crippen LogP contribution in [0.2, 0.25) is 0 Å². The summed E-state index contributed by atoms with van der Waals surface area (Å²) in [6.45, 7) is 1.84. The molecule has 1 atom stereocenters. The summed E-state index contributed by atoms with van der Waals surface area (Å²) >= 11 is 0. The summed E-state index contributed by atoms with van der Waals surface area (Å²) in [7, 11) is 0. The monoisotopic (exact) mass is 327 g/mol. The molecule has 1 aromatic carbocycles. The molecular weight excluding hydrogens is 310 g/mol. The van der Waals surface area contributed by atoms with E-state index in [0.717, 1.165) is 30.5 Å². The molecule has 124 valence electrons. The van der Waals surface area contributed by atoms with Crippen LogP contribution in [0.3, 0.4) is 0 Å². The Balaban J connectivity index is 1.55. The van der Waals surface area contributed by atoms with Gasteiger partial charge in [0.2, 0.25) is 12.7 Å². The molecule has 1 aliphatic carbocycles. The van der Waals surface area contributed by atoms with Crippen molar-refractivity contribution in [1.82, 2.24) is 9.78 Å². The van der Waals surface area contributed by atoms with E-state index in [1.54, 1.807) is 31.2 Å². The molecule has 2 aliphatic rings. The molecular formula is C17H17N3O4. The Morgan fingerprint density at radius 3 is 2.96 bits per heavy atom. The van der Waals surface area contributed by atoms with E-state index in [1.165, 1.54) is 4.68 Å². The average molecular weight is 327 g/mol. The van der Waals surface area contributed by atoms with Gasteiger partial charge in [0.05, 0.1) is 5.69 Å². The zero-order chi connectivity index (χ0) is 16.7. The van der Waals surface area contributed by atoms with Crippen molar-refractivity contribution in [2.75, 3.05) is 12.1 Å². The molecule has 7 heteroatoms. The Morgan fingerprint density at radius 1 is 1.25 bits per heavy atom. The molecule has 2 aromatic rings. The molecule has 1 amide bonds. The molecule has 0 fully saturated rings. The molecule has 4 rings (SSSR count). The number of nitrogens with one attached hydrogen (secondary N) is 1. The largest absolute Gasteiger partial charge is 0.454 e. The summed E-state index contributed by atoms with van der Waals surface area (Å²) in [6, 6.07) is 6.07. The van der Waals surface area contributed by atoms with Crippen LogP contribution in [-0.4, -0.2) is 22.5 Å². The zero-order valence-corrected chi connectivity index (χ0v) is 13.2. The number of anilines is 1. The predicted molar refractivity (Wildman–Crippen MR) is 86.4 cm³/mol. The Bertz CT molecular complexity index is 875. The summed E-state index contributed by atoms with van der Waals surface area (Å²) < 4.78 is 11.8. The van der Waals surface area contributed by atoms with Gasteiger partial charge in [-0.25, -0.2) is 4.68 Å². The lowest BCUT2D eigenvalue weighted by molar-refractivity contribution is -0.119. The van der Waals surface area contributed by atoms with E-state index in [-0.39, 0.29) is 18.3 Å². The maximum Gasteiger partial charge on any atom is 0.267 e. The number of rotatable bonds is 3. The summed E-state index contributed by atoms with van der Waals surface area (Å²) in [4.78, 5) is 24.7. The Labute approximate surface area is 138 Å². The van der Waals surface area contributed by atoms with Crippen LogP contribution in [0, 0.1) is 0 Å². The van der Waals surface area contributed by atoms with Gasteiger partial charge in [0.15, 0.2) is 11.5 Å². The minimum atomic E-state index is -0.700. The molecule has 0 radical (unpaired) electrons. The highest BCUT2D eigenvalue weighted by atomic mass is 16.7. The van der Waals surface area contributed by atoms with E-state index < -0.39 is 6.04 Å². The van der Waals surface area contributed by atoms with E-state index >= 15 is 0 Å². The Hall–Kier alpha value is -2.83. The standard InChI is InChI=1S/C17H17N3O4/c1-10(20-16(21)7-11-3-2-4-13(11)19-20)17(22)18-12-5-6-14-15(8-12)24-9-23-14/h5-8,10H,2-4,9H2,1H3,(H,18,22). The van der Waals surface area contributed by atoms with Crippen molar-refractivity contribution >= 4 is 11.6 Å². The Morgan fingerprint density at radius 2 is 2.08 bits per heavy atom. The van der Waals surface area contributed by atoms with Crippen LogP contribution in [0.25, 0.3) is 0 Å². The minimum Gasteiger partial charge on any atom is -0.454 e. The normalized spacial score (nSPS) is 15.9. The van der Waals surface area contributed by atoms with Gasteiger partial charge < -0.3 is 14.8 Å². The van der Waals surface area contributed by atoms with Crippen molar-refractivity contribution in [2.45, 2.75) is 32.2 Å². The van der Waals surface area contributed by atoms with E-state index in [4.69, 9.17) is 9.47 Å². The van der Waals surface area contributed by atoms with Crippen molar-refractivity contribution in [1.29, 1.82) is 0 Å². The van der Waals surface area contributed by atoms with Crippen LogP contribution in [0.4, 0.5) is 5.69 Å². The summed E-state index contributed by atoms with van der Waals surface area (Å²) in [5.74, 6) is 0.937. The quantitative estimate of drug-likeness (QED) is 0.927. The lowest BCUT2D eigenvalue weighted by Crippen LogP contribution is -2.33. The first kappa shape index (κ1) is 14.7. The summed E-state index contributed by atoms with van der Waals surface area (Å²) in [5.41, 5.74) is 2.26. The number of hydrogen-bond acceptors (Lipinski definition) is 5. The van der Waals surface area contributed by atoms with Crippen LogP contribution in [0.5, 0.6) is 11.5 Å². The molecule has 2 heterocycles. The molecule has 0 spiro atoms. The van der Waals surface area contributed by atoms with Crippen LogP contribution in [0.1, 0.15) is 30.6 Å². The molecule has 0 saturated carbocycles. The van der Waals surface area contributed by atoms with Gasteiger partial charge in [-0.2, -0.15) is 5.10 Å². The number of nitrogens with zero attached hydrogens (tertiary/aromatic N) is 2. The SMILES string of the molecule is CC(C(=O)Nc1ccc2c(c1)OCO2)n1nc2c(cc1=O)CCC2. The zero-order valence-electron chi connectivity index (χ0n) is 13.2. The first-order chi connectivity index (χ1) is 11.6. The summed E-state index contributed by atoms with van der Waals surface area (Å²) in [5, 5.41) is 7.16. The molecule has 0 saturated heterocycles. The van der Waals surface area contributed by atoms with E-state index in [9.17, 15) is 9.59 Å². The van der Waals surface area contributed by atoms with Gasteiger partial charge in [-0.15, -0.1) is 0 Å². The van der Waals surface area contributed by atoms with Crippen molar-refractivity contribution in [3.8, 4) is 11.5 Å². The Kier molecular flexibility index (Phi) is 3.48. The van der Waals surface area contributed by atoms with Gasteiger partial charge in [-0.1, -0.05) is 0 Å². The van der Waals surface area contributed by atoms with E-state index in [0.29, 0.717) is 17.2 Å². The van der Waals surface area contributed by atoms with Crippen LogP contribution in [-0.2, 0) is 17.6 Å². The second-order valence-corrected chi connectivity index (χ2v) is 5.99. The third-order valence-electron chi connectivity index (χ3n) is 4.37. The van der Waals surface area contributed by atoms with E-state index in [2.05, 4.69) is 10.4 Å². The summed E-state index contributed by atoms with van der Waals surface area (Å²) in [6.07, 6.45) is 2.74. The van der Waals surface area contributed by atoms with Gasteiger partial charge in [0, 0.05) is 17.8 Å². The predicted octanol–water partition coefficient (Wildman–Crippen LogP) is 1.66. The molecule has 0 bridgehead atoms. The molecule has 1 N–H and O–H groups in total. The number of carbonyl (C=O) groups excluding carboxylic acids is 1. The number of aryl methyl sites for hydroxylation is 2. The van der Waals surface area contributed by atoms with Crippen LogP contribution >= 0.6 is 0 Å². The number of carbonyl (C=O) groups is 1. The molecule has 1 aliphatic heterocycles. The second-order valence-electron chi connectivity index (χ2n) is 5.99.